The number of hydrogen-bond acceptors (Lipinski definition) is 3. The number of rotatable bonds is 2. The lowest BCUT2D eigenvalue weighted by atomic mass is 9.99. The normalized spacial score (nSPS) is 22.5. The van der Waals surface area contributed by atoms with E-state index in [0.29, 0.717) is 37.4 Å². The summed E-state index contributed by atoms with van der Waals surface area (Å²) in [5, 5.41) is 0. The first-order chi connectivity index (χ1) is 9.08. The third-order valence-corrected chi connectivity index (χ3v) is 4.00. The molecule has 0 unspecified atom stereocenters. The fourth-order valence-corrected chi connectivity index (χ4v) is 2.91. The highest BCUT2D eigenvalue weighted by molar-refractivity contribution is 9.10. The van der Waals surface area contributed by atoms with Gasteiger partial charge in [0.15, 0.2) is 0 Å². The van der Waals surface area contributed by atoms with E-state index in [0.717, 1.165) is 0 Å². The number of ether oxygens (including phenoxy) is 2. The Labute approximate surface area is 118 Å². The van der Waals surface area contributed by atoms with Crippen molar-refractivity contribution in [3.05, 3.63) is 33.8 Å². The largest absolute Gasteiger partial charge is 0.375 e. The van der Waals surface area contributed by atoms with Crippen molar-refractivity contribution in [1.29, 1.82) is 0 Å². The first-order valence-electron chi connectivity index (χ1n) is 6.15. The maximum Gasteiger partial charge on any atom is 0.131 e. The van der Waals surface area contributed by atoms with Crippen molar-refractivity contribution in [1.82, 2.24) is 4.90 Å². The quantitative estimate of drug-likeness (QED) is 0.829. The van der Waals surface area contributed by atoms with Gasteiger partial charge < -0.3 is 9.47 Å². The molecule has 6 heteroatoms. The summed E-state index contributed by atoms with van der Waals surface area (Å²) in [5.74, 6) is -1.03. The van der Waals surface area contributed by atoms with E-state index in [2.05, 4.69) is 15.9 Å². The molecule has 0 bridgehead atoms. The summed E-state index contributed by atoms with van der Waals surface area (Å²) in [6.07, 6.45) is 0. The van der Waals surface area contributed by atoms with Gasteiger partial charge in [-0.2, -0.15) is 0 Å². The number of halogens is 3. The first kappa shape index (κ1) is 13.4. The molecule has 0 aromatic heterocycles. The van der Waals surface area contributed by atoms with Crippen LogP contribution in [0.3, 0.4) is 0 Å². The topological polar surface area (TPSA) is 21.7 Å². The lowest BCUT2D eigenvalue weighted by Crippen LogP contribution is -2.62. The molecule has 104 valence electrons. The van der Waals surface area contributed by atoms with Crippen LogP contribution in [0.2, 0.25) is 0 Å². The van der Waals surface area contributed by atoms with E-state index in [4.69, 9.17) is 9.47 Å². The second-order valence-corrected chi connectivity index (χ2v) is 6.00. The van der Waals surface area contributed by atoms with Gasteiger partial charge in [-0.3, -0.25) is 4.90 Å². The van der Waals surface area contributed by atoms with Crippen LogP contribution in [0.5, 0.6) is 0 Å². The van der Waals surface area contributed by atoms with Crippen molar-refractivity contribution in [2.24, 2.45) is 0 Å². The lowest BCUT2D eigenvalue weighted by Gasteiger charge is -2.47. The van der Waals surface area contributed by atoms with E-state index in [1.807, 2.05) is 4.90 Å². The van der Waals surface area contributed by atoms with Crippen LogP contribution >= 0.6 is 15.9 Å². The highest BCUT2D eigenvalue weighted by atomic mass is 79.9. The first-order valence-corrected chi connectivity index (χ1v) is 6.95. The predicted molar refractivity (Wildman–Crippen MR) is 68.8 cm³/mol. The third-order valence-electron chi connectivity index (χ3n) is 3.55. The molecule has 1 aromatic carbocycles. The number of benzene rings is 1. The van der Waals surface area contributed by atoms with Crippen LogP contribution in [-0.4, -0.2) is 43.4 Å². The zero-order valence-electron chi connectivity index (χ0n) is 10.3. The van der Waals surface area contributed by atoms with E-state index in [9.17, 15) is 8.78 Å². The van der Waals surface area contributed by atoms with Crippen LogP contribution in [0.1, 0.15) is 5.56 Å². The Bertz CT molecular complexity index is 471. The molecule has 0 N–H and O–H groups in total. The Hall–Kier alpha value is -0.560. The molecule has 0 amide bonds. The summed E-state index contributed by atoms with van der Waals surface area (Å²) in [4.78, 5) is 2.02. The molecule has 2 fully saturated rings. The summed E-state index contributed by atoms with van der Waals surface area (Å²) in [6.45, 7) is 3.29. The van der Waals surface area contributed by atoms with Crippen LogP contribution in [0.4, 0.5) is 8.78 Å². The molecule has 1 spiro atoms. The second kappa shape index (κ2) is 5.09. The zero-order chi connectivity index (χ0) is 13.5. The van der Waals surface area contributed by atoms with Crippen LogP contribution in [0.25, 0.3) is 0 Å². The van der Waals surface area contributed by atoms with Crippen LogP contribution in [0.15, 0.2) is 16.6 Å². The molecule has 3 nitrogen and oxygen atoms in total. The summed E-state index contributed by atoms with van der Waals surface area (Å²) in [6, 6.07) is 2.59. The SMILES string of the molecule is Fc1cc(Br)cc(F)c1CN1CCOC2(COC2)C1. The Morgan fingerprint density at radius 3 is 2.53 bits per heavy atom. The van der Waals surface area contributed by atoms with Crippen molar-refractivity contribution < 1.29 is 18.3 Å². The highest BCUT2D eigenvalue weighted by Gasteiger charge is 2.43. The van der Waals surface area contributed by atoms with Gasteiger partial charge in [0.1, 0.15) is 17.2 Å². The van der Waals surface area contributed by atoms with Gasteiger partial charge in [-0.25, -0.2) is 8.78 Å². The summed E-state index contributed by atoms with van der Waals surface area (Å²) in [7, 11) is 0. The van der Waals surface area contributed by atoms with Gasteiger partial charge in [-0.05, 0) is 12.1 Å². The Morgan fingerprint density at radius 1 is 1.26 bits per heavy atom. The van der Waals surface area contributed by atoms with Gasteiger partial charge in [0.2, 0.25) is 0 Å². The molecule has 2 saturated heterocycles. The fraction of sp³-hybridized carbons (Fsp3) is 0.538. The number of morpholine rings is 1. The maximum atomic E-state index is 13.8. The van der Waals surface area contributed by atoms with Crippen molar-refractivity contribution in [2.75, 3.05) is 32.9 Å². The van der Waals surface area contributed by atoms with E-state index < -0.39 is 11.6 Å². The summed E-state index contributed by atoms with van der Waals surface area (Å²) in [5.41, 5.74) is -0.152. The molecule has 0 radical (unpaired) electrons. The Morgan fingerprint density at radius 2 is 1.95 bits per heavy atom. The highest BCUT2D eigenvalue weighted by Crippen LogP contribution is 2.28. The van der Waals surface area contributed by atoms with Crippen LogP contribution in [-0.2, 0) is 16.0 Å². The standard InChI is InChI=1S/C13H14BrF2NO2/c14-9-3-11(15)10(12(16)4-9)5-17-1-2-19-13(6-17)7-18-8-13/h3-4H,1-2,5-8H2. The van der Waals surface area contributed by atoms with E-state index in [1.165, 1.54) is 12.1 Å². The summed E-state index contributed by atoms with van der Waals surface area (Å²) >= 11 is 3.08. The molecular weight excluding hydrogens is 320 g/mol. The van der Waals surface area contributed by atoms with E-state index in [-0.39, 0.29) is 17.7 Å². The monoisotopic (exact) mass is 333 g/mol. The molecule has 0 aliphatic carbocycles. The van der Waals surface area contributed by atoms with Gasteiger partial charge in [0.25, 0.3) is 0 Å². The Kier molecular flexibility index (Phi) is 3.59. The third kappa shape index (κ3) is 2.67. The van der Waals surface area contributed by atoms with E-state index >= 15 is 0 Å². The van der Waals surface area contributed by atoms with Gasteiger partial charge >= 0.3 is 0 Å². The summed E-state index contributed by atoms with van der Waals surface area (Å²) < 4.78 is 38.9. The van der Waals surface area contributed by atoms with Gasteiger partial charge in [-0.15, -0.1) is 0 Å². The van der Waals surface area contributed by atoms with Crippen molar-refractivity contribution in [3.63, 3.8) is 0 Å². The lowest BCUT2D eigenvalue weighted by molar-refractivity contribution is -0.238. The predicted octanol–water partition coefficient (Wildman–Crippen LogP) is 2.33. The fourth-order valence-electron chi connectivity index (χ4n) is 2.51. The molecule has 19 heavy (non-hydrogen) atoms. The van der Waals surface area contributed by atoms with Crippen molar-refractivity contribution >= 4 is 15.9 Å². The molecular formula is C13H14BrF2NO2. The second-order valence-electron chi connectivity index (χ2n) is 5.08. The molecule has 1 aromatic rings. The zero-order valence-corrected chi connectivity index (χ0v) is 11.9. The van der Waals surface area contributed by atoms with Gasteiger partial charge in [0, 0.05) is 29.7 Å². The Balaban J connectivity index is 1.74. The number of hydrogen-bond donors (Lipinski definition) is 0. The molecule has 3 rings (SSSR count). The molecule has 0 saturated carbocycles. The molecule has 0 atom stereocenters. The van der Waals surface area contributed by atoms with Crippen LogP contribution in [0, 0.1) is 11.6 Å². The minimum atomic E-state index is -0.516. The smallest absolute Gasteiger partial charge is 0.131 e. The molecule has 2 aliphatic heterocycles. The van der Waals surface area contributed by atoms with Crippen molar-refractivity contribution in [3.8, 4) is 0 Å². The van der Waals surface area contributed by atoms with Crippen LogP contribution < -0.4 is 0 Å². The minimum absolute atomic E-state index is 0.112. The molecule has 2 heterocycles. The average molecular weight is 334 g/mol. The van der Waals surface area contributed by atoms with Gasteiger partial charge in [-0.1, -0.05) is 15.9 Å². The van der Waals surface area contributed by atoms with Gasteiger partial charge in [0.05, 0.1) is 19.8 Å². The van der Waals surface area contributed by atoms with E-state index in [1.54, 1.807) is 0 Å². The van der Waals surface area contributed by atoms with Crippen molar-refractivity contribution in [2.45, 2.75) is 12.1 Å². The maximum absolute atomic E-state index is 13.8. The average Bonchev–Trinajstić information content (AvgIpc) is 2.32. The number of nitrogens with zero attached hydrogens (tertiary/aromatic N) is 1. The molecule has 2 aliphatic rings. The minimum Gasteiger partial charge on any atom is -0.375 e.